The maximum Gasteiger partial charge on any atom is 0.0125 e. The Bertz CT molecular complexity index is 170. The third-order valence-corrected chi connectivity index (χ3v) is 3.85. The van der Waals surface area contributed by atoms with Crippen LogP contribution in [0, 0.1) is 11.3 Å². The Hall–Kier alpha value is -0.0400. The summed E-state index contributed by atoms with van der Waals surface area (Å²) in [6, 6.07) is 0. The van der Waals surface area contributed by atoms with Crippen LogP contribution < -0.4 is 0 Å². The largest absolute Gasteiger partial charge is 0.298 e. The van der Waals surface area contributed by atoms with Crippen LogP contribution >= 0.6 is 0 Å². The van der Waals surface area contributed by atoms with E-state index in [2.05, 4.69) is 46.4 Å². The zero-order chi connectivity index (χ0) is 10.3. The summed E-state index contributed by atoms with van der Waals surface area (Å²) in [7, 11) is 0. The van der Waals surface area contributed by atoms with Crippen LogP contribution in [0.1, 0.15) is 48.0 Å². The minimum Gasteiger partial charge on any atom is -0.298 e. The molecule has 0 aromatic heterocycles. The van der Waals surface area contributed by atoms with Crippen LogP contribution in [-0.2, 0) is 0 Å². The Morgan fingerprint density at radius 2 is 1.54 bits per heavy atom. The molecule has 0 aliphatic carbocycles. The maximum absolute atomic E-state index is 2.58. The Labute approximate surface area is 83.5 Å². The molecule has 0 aromatic carbocycles. The summed E-state index contributed by atoms with van der Waals surface area (Å²) in [5.74, 6) is 0.914. The molecule has 0 amide bonds. The summed E-state index contributed by atoms with van der Waals surface area (Å²) >= 11 is 0. The second-order valence-electron chi connectivity index (χ2n) is 6.11. The molecule has 0 radical (unpaired) electrons. The van der Waals surface area contributed by atoms with Gasteiger partial charge in [0, 0.05) is 18.6 Å². The molecule has 0 N–H and O–H groups in total. The standard InChI is InChI=1S/C12H25N/c1-7-12(5,6)10-8-13(9-10)11(2,3)4/h10H,7-9H2,1-6H3. The molecule has 0 aromatic rings. The summed E-state index contributed by atoms with van der Waals surface area (Å²) in [4.78, 5) is 2.58. The zero-order valence-electron chi connectivity index (χ0n) is 10.1. The zero-order valence-corrected chi connectivity index (χ0v) is 10.1. The fourth-order valence-corrected chi connectivity index (χ4v) is 1.81. The van der Waals surface area contributed by atoms with Gasteiger partial charge in [-0.25, -0.2) is 0 Å². The predicted octanol–water partition coefficient (Wildman–Crippen LogP) is 3.15. The summed E-state index contributed by atoms with van der Waals surface area (Å²) in [6.07, 6.45) is 1.30. The van der Waals surface area contributed by atoms with Crippen molar-refractivity contribution in [2.24, 2.45) is 11.3 Å². The van der Waals surface area contributed by atoms with Gasteiger partial charge in [0.25, 0.3) is 0 Å². The predicted molar refractivity (Wildman–Crippen MR) is 58.9 cm³/mol. The second-order valence-corrected chi connectivity index (χ2v) is 6.11. The average Bonchev–Trinajstić information content (AvgIpc) is 1.79. The molecule has 0 spiro atoms. The van der Waals surface area contributed by atoms with Gasteiger partial charge in [0.05, 0.1) is 0 Å². The smallest absolute Gasteiger partial charge is 0.0125 e. The third kappa shape index (κ3) is 2.25. The first-order chi connectivity index (χ1) is 5.77. The molecule has 0 bridgehead atoms. The molecule has 78 valence electrons. The fourth-order valence-electron chi connectivity index (χ4n) is 1.81. The molecule has 1 saturated heterocycles. The van der Waals surface area contributed by atoms with Crippen molar-refractivity contribution >= 4 is 0 Å². The van der Waals surface area contributed by atoms with E-state index in [1.54, 1.807) is 0 Å². The summed E-state index contributed by atoms with van der Waals surface area (Å²) < 4.78 is 0. The van der Waals surface area contributed by atoms with Gasteiger partial charge in [0.15, 0.2) is 0 Å². The van der Waals surface area contributed by atoms with Crippen LogP contribution in [0.5, 0.6) is 0 Å². The van der Waals surface area contributed by atoms with Crippen LogP contribution in [-0.4, -0.2) is 23.5 Å². The molecular weight excluding hydrogens is 158 g/mol. The lowest BCUT2D eigenvalue weighted by molar-refractivity contribution is -0.0419. The average molecular weight is 183 g/mol. The Kier molecular flexibility index (Phi) is 2.78. The van der Waals surface area contributed by atoms with Gasteiger partial charge in [0.1, 0.15) is 0 Å². The highest BCUT2D eigenvalue weighted by Gasteiger charge is 2.41. The molecule has 1 aliphatic rings. The van der Waals surface area contributed by atoms with E-state index in [4.69, 9.17) is 0 Å². The first-order valence-corrected chi connectivity index (χ1v) is 5.52. The SMILES string of the molecule is CCC(C)(C)C1CN(C(C)(C)C)C1. The Morgan fingerprint density at radius 1 is 1.08 bits per heavy atom. The van der Waals surface area contributed by atoms with Crippen molar-refractivity contribution in [2.45, 2.75) is 53.5 Å². The third-order valence-electron chi connectivity index (χ3n) is 3.85. The summed E-state index contributed by atoms with van der Waals surface area (Å²) in [5, 5.41) is 0. The van der Waals surface area contributed by atoms with Gasteiger partial charge < -0.3 is 0 Å². The van der Waals surface area contributed by atoms with Crippen molar-refractivity contribution in [2.75, 3.05) is 13.1 Å². The van der Waals surface area contributed by atoms with Crippen molar-refractivity contribution in [1.29, 1.82) is 0 Å². The molecular formula is C12H25N. The second kappa shape index (κ2) is 3.27. The minimum atomic E-state index is 0.375. The van der Waals surface area contributed by atoms with Gasteiger partial charge in [-0.15, -0.1) is 0 Å². The van der Waals surface area contributed by atoms with Crippen LogP contribution in [0.4, 0.5) is 0 Å². The van der Waals surface area contributed by atoms with Crippen molar-refractivity contribution in [3.63, 3.8) is 0 Å². The molecule has 0 atom stereocenters. The van der Waals surface area contributed by atoms with E-state index < -0.39 is 0 Å². The van der Waals surface area contributed by atoms with Crippen LogP contribution in [0.15, 0.2) is 0 Å². The molecule has 1 nitrogen and oxygen atoms in total. The van der Waals surface area contributed by atoms with Gasteiger partial charge in [-0.3, -0.25) is 4.90 Å². The molecule has 1 rings (SSSR count). The maximum atomic E-state index is 2.58. The van der Waals surface area contributed by atoms with E-state index >= 15 is 0 Å². The molecule has 1 heteroatoms. The van der Waals surface area contributed by atoms with E-state index in [0.29, 0.717) is 11.0 Å². The normalized spacial score (nSPS) is 21.7. The fraction of sp³-hybridized carbons (Fsp3) is 1.00. The highest BCUT2D eigenvalue weighted by Crippen LogP contribution is 2.39. The van der Waals surface area contributed by atoms with Crippen LogP contribution in [0.25, 0.3) is 0 Å². The van der Waals surface area contributed by atoms with Gasteiger partial charge in [0.2, 0.25) is 0 Å². The van der Waals surface area contributed by atoms with Crippen molar-refractivity contribution < 1.29 is 0 Å². The van der Waals surface area contributed by atoms with Gasteiger partial charge in [-0.2, -0.15) is 0 Å². The molecule has 1 aliphatic heterocycles. The van der Waals surface area contributed by atoms with E-state index in [-0.39, 0.29) is 0 Å². The Balaban J connectivity index is 2.42. The number of hydrogen-bond acceptors (Lipinski definition) is 1. The van der Waals surface area contributed by atoms with Crippen LogP contribution in [0.2, 0.25) is 0 Å². The summed E-state index contributed by atoms with van der Waals surface area (Å²) in [5.41, 5.74) is 0.919. The molecule has 13 heavy (non-hydrogen) atoms. The molecule has 1 heterocycles. The van der Waals surface area contributed by atoms with Gasteiger partial charge in [-0.1, -0.05) is 27.2 Å². The topological polar surface area (TPSA) is 3.24 Å². The first-order valence-electron chi connectivity index (χ1n) is 5.52. The van der Waals surface area contributed by atoms with E-state index in [1.807, 2.05) is 0 Å². The molecule has 0 saturated carbocycles. The van der Waals surface area contributed by atoms with E-state index in [0.717, 1.165) is 5.92 Å². The number of nitrogens with zero attached hydrogens (tertiary/aromatic N) is 1. The summed E-state index contributed by atoms with van der Waals surface area (Å²) in [6.45, 7) is 16.6. The van der Waals surface area contributed by atoms with E-state index in [1.165, 1.54) is 19.5 Å². The van der Waals surface area contributed by atoms with Crippen molar-refractivity contribution in [3.05, 3.63) is 0 Å². The number of likely N-dealkylation sites (tertiary alicyclic amines) is 1. The lowest BCUT2D eigenvalue weighted by atomic mass is 9.71. The number of rotatable bonds is 2. The van der Waals surface area contributed by atoms with Crippen molar-refractivity contribution in [1.82, 2.24) is 4.90 Å². The van der Waals surface area contributed by atoms with Crippen LogP contribution in [0.3, 0.4) is 0 Å². The van der Waals surface area contributed by atoms with Gasteiger partial charge >= 0.3 is 0 Å². The lowest BCUT2D eigenvalue weighted by Gasteiger charge is -2.53. The Morgan fingerprint density at radius 3 is 1.85 bits per heavy atom. The van der Waals surface area contributed by atoms with E-state index in [9.17, 15) is 0 Å². The highest BCUT2D eigenvalue weighted by atomic mass is 15.2. The monoisotopic (exact) mass is 183 g/mol. The van der Waals surface area contributed by atoms with Crippen molar-refractivity contribution in [3.8, 4) is 0 Å². The minimum absolute atomic E-state index is 0.375. The molecule has 0 unspecified atom stereocenters. The quantitative estimate of drug-likeness (QED) is 0.635. The molecule has 1 fully saturated rings. The van der Waals surface area contributed by atoms with Gasteiger partial charge in [-0.05, 0) is 32.1 Å². The lowest BCUT2D eigenvalue weighted by Crippen LogP contribution is -2.59. The highest BCUT2D eigenvalue weighted by molar-refractivity contribution is 4.94. The number of hydrogen-bond donors (Lipinski definition) is 0. The first kappa shape index (κ1) is 11.0.